The summed E-state index contributed by atoms with van der Waals surface area (Å²) in [5.41, 5.74) is 10.4. The van der Waals surface area contributed by atoms with Gasteiger partial charge in [-0.2, -0.15) is 0 Å². The fourth-order valence-corrected chi connectivity index (χ4v) is 3.11. The van der Waals surface area contributed by atoms with Crippen LogP contribution in [0.15, 0.2) is 54.6 Å². The van der Waals surface area contributed by atoms with Crippen molar-refractivity contribution in [2.24, 2.45) is 0 Å². The van der Waals surface area contributed by atoms with Crippen molar-refractivity contribution in [3.63, 3.8) is 0 Å². The molecule has 0 spiro atoms. The van der Waals surface area contributed by atoms with Crippen molar-refractivity contribution in [1.82, 2.24) is 0 Å². The van der Waals surface area contributed by atoms with Crippen molar-refractivity contribution < 1.29 is 0 Å². The van der Waals surface area contributed by atoms with Crippen LogP contribution in [0.4, 0.5) is 0 Å². The van der Waals surface area contributed by atoms with E-state index in [9.17, 15) is 0 Å². The largest absolute Gasteiger partial charge is 0.0613 e. The molecule has 0 N–H and O–H groups in total. The topological polar surface area (TPSA) is 0 Å². The highest BCUT2D eigenvalue weighted by molar-refractivity contribution is 5.86. The van der Waals surface area contributed by atoms with Crippen molar-refractivity contribution in [3.8, 4) is 22.3 Å². The lowest BCUT2D eigenvalue weighted by molar-refractivity contribution is 1.11. The van der Waals surface area contributed by atoms with Gasteiger partial charge in [0.25, 0.3) is 0 Å². The zero-order valence-corrected chi connectivity index (χ0v) is 14.4. The third-order valence-corrected chi connectivity index (χ3v) is 4.54. The highest BCUT2D eigenvalue weighted by Gasteiger charge is 2.13. The van der Waals surface area contributed by atoms with E-state index in [1.165, 1.54) is 44.5 Å². The summed E-state index contributed by atoms with van der Waals surface area (Å²) in [5.74, 6) is 0. The lowest BCUT2D eigenvalue weighted by Gasteiger charge is -2.17. The van der Waals surface area contributed by atoms with Crippen LogP contribution < -0.4 is 0 Å². The summed E-state index contributed by atoms with van der Waals surface area (Å²) in [5, 5.41) is 0. The molecule has 0 nitrogen and oxygen atoms in total. The Bertz CT molecular complexity index is 806. The highest BCUT2D eigenvalue weighted by Crippen LogP contribution is 2.36. The first-order valence-electron chi connectivity index (χ1n) is 8.28. The van der Waals surface area contributed by atoms with Crippen LogP contribution in [0.25, 0.3) is 22.3 Å². The molecule has 0 heteroatoms. The Labute approximate surface area is 139 Å². The lowest BCUT2D eigenvalue weighted by atomic mass is 9.87. The maximum Gasteiger partial charge on any atom is -0.00729 e. The Morgan fingerprint density at radius 2 is 1.26 bits per heavy atom. The number of benzene rings is 3. The van der Waals surface area contributed by atoms with Gasteiger partial charge in [0.1, 0.15) is 0 Å². The maximum atomic E-state index is 3.49. The average Bonchev–Trinajstić information content (AvgIpc) is 2.56. The van der Waals surface area contributed by atoms with Gasteiger partial charge in [-0.3, -0.25) is 0 Å². The van der Waals surface area contributed by atoms with Crippen LogP contribution in [0.3, 0.4) is 0 Å². The molecule has 0 fully saturated rings. The van der Waals surface area contributed by atoms with Gasteiger partial charge >= 0.3 is 0 Å². The lowest BCUT2D eigenvalue weighted by Crippen LogP contribution is -1.95. The summed E-state index contributed by atoms with van der Waals surface area (Å²) in [6.07, 6.45) is 1.01. The monoisotopic (exact) mass is 299 g/mol. The van der Waals surface area contributed by atoms with Crippen molar-refractivity contribution in [2.45, 2.75) is 34.1 Å². The molecule has 23 heavy (non-hydrogen) atoms. The van der Waals surface area contributed by atoms with Crippen LogP contribution in [0.1, 0.15) is 29.2 Å². The van der Waals surface area contributed by atoms with Crippen molar-refractivity contribution in [3.05, 3.63) is 82.9 Å². The Morgan fingerprint density at radius 3 is 1.78 bits per heavy atom. The van der Waals surface area contributed by atoms with Gasteiger partial charge < -0.3 is 0 Å². The summed E-state index contributed by atoms with van der Waals surface area (Å²) in [6, 6.07) is 23.3. The molecule has 3 aromatic rings. The fraction of sp³-hybridized carbons (Fsp3) is 0.217. The quantitative estimate of drug-likeness (QED) is 0.531. The van der Waals surface area contributed by atoms with Gasteiger partial charge in [0.15, 0.2) is 0 Å². The minimum absolute atomic E-state index is 1.01. The Balaban J connectivity index is 2.25. The predicted octanol–water partition coefficient (Wildman–Crippen LogP) is 6.31. The molecule has 0 unspecified atom stereocenters. The minimum Gasteiger partial charge on any atom is -0.0613 e. The molecule has 0 aromatic heterocycles. The van der Waals surface area contributed by atoms with E-state index in [2.05, 4.69) is 88.4 Å². The number of hydrogen-bond acceptors (Lipinski definition) is 0. The highest BCUT2D eigenvalue weighted by atomic mass is 14.2. The van der Waals surface area contributed by atoms with Gasteiger partial charge in [0, 0.05) is 0 Å². The molecule has 0 amide bonds. The summed E-state index contributed by atoms with van der Waals surface area (Å²) < 4.78 is 0. The molecule has 0 saturated carbocycles. The second-order valence-electron chi connectivity index (χ2n) is 6.27. The minimum atomic E-state index is 1.01. The van der Waals surface area contributed by atoms with Crippen molar-refractivity contribution in [1.29, 1.82) is 0 Å². The van der Waals surface area contributed by atoms with E-state index in [0.717, 1.165) is 6.42 Å². The van der Waals surface area contributed by atoms with Crippen LogP contribution in [0.2, 0.25) is 0 Å². The van der Waals surface area contributed by atoms with E-state index in [0.29, 0.717) is 0 Å². The first-order chi connectivity index (χ1) is 11.1. The molecule has 3 aromatic carbocycles. The van der Waals surface area contributed by atoms with Crippen LogP contribution in [0, 0.1) is 26.8 Å². The molecule has 0 aliphatic carbocycles. The number of hydrogen-bond donors (Lipinski definition) is 0. The molecule has 0 heterocycles. The standard InChI is InChI=1S/C23H23/c1-5-19-14-15-22(20-10-6-16(2)7-11-20)23(18(19)4)21-12-8-17(3)9-13-21/h6-13,15H,5H2,1-4H3. The third-order valence-electron chi connectivity index (χ3n) is 4.54. The van der Waals surface area contributed by atoms with Crippen LogP contribution in [-0.2, 0) is 6.42 Å². The number of rotatable bonds is 3. The smallest absolute Gasteiger partial charge is 0.00729 e. The second kappa shape index (κ2) is 6.42. The van der Waals surface area contributed by atoms with Gasteiger partial charge in [-0.05, 0) is 72.7 Å². The van der Waals surface area contributed by atoms with Crippen molar-refractivity contribution in [2.75, 3.05) is 0 Å². The number of aryl methyl sites for hydroxylation is 3. The molecular formula is C23H23. The van der Waals surface area contributed by atoms with Crippen LogP contribution >= 0.6 is 0 Å². The Hall–Kier alpha value is -2.34. The first kappa shape index (κ1) is 15.6. The molecule has 0 aliphatic rings. The van der Waals surface area contributed by atoms with E-state index in [1.54, 1.807) is 0 Å². The zero-order valence-electron chi connectivity index (χ0n) is 14.4. The summed E-state index contributed by atoms with van der Waals surface area (Å²) in [7, 11) is 0. The molecule has 0 bridgehead atoms. The molecular weight excluding hydrogens is 276 g/mol. The van der Waals surface area contributed by atoms with Crippen molar-refractivity contribution >= 4 is 0 Å². The van der Waals surface area contributed by atoms with E-state index in [-0.39, 0.29) is 0 Å². The van der Waals surface area contributed by atoms with Gasteiger partial charge in [-0.1, -0.05) is 66.6 Å². The summed E-state index contributed by atoms with van der Waals surface area (Å²) in [4.78, 5) is 0. The van der Waals surface area contributed by atoms with E-state index >= 15 is 0 Å². The van der Waals surface area contributed by atoms with Gasteiger partial charge in [0.2, 0.25) is 0 Å². The molecule has 115 valence electrons. The summed E-state index contributed by atoms with van der Waals surface area (Å²) in [6.45, 7) is 8.68. The molecule has 0 atom stereocenters. The zero-order chi connectivity index (χ0) is 16.4. The SMILES string of the molecule is CCc1[c]cc(-c2ccc(C)cc2)c(-c2ccc(C)cc2)c1C. The third kappa shape index (κ3) is 3.07. The van der Waals surface area contributed by atoms with E-state index < -0.39 is 0 Å². The Kier molecular flexibility index (Phi) is 4.34. The first-order valence-corrected chi connectivity index (χ1v) is 8.28. The van der Waals surface area contributed by atoms with Crippen LogP contribution in [0.5, 0.6) is 0 Å². The Morgan fingerprint density at radius 1 is 0.739 bits per heavy atom. The maximum absolute atomic E-state index is 3.49. The van der Waals surface area contributed by atoms with E-state index in [4.69, 9.17) is 0 Å². The predicted molar refractivity (Wildman–Crippen MR) is 99.7 cm³/mol. The van der Waals surface area contributed by atoms with Gasteiger partial charge in [0.05, 0.1) is 0 Å². The molecule has 1 radical (unpaired) electrons. The normalized spacial score (nSPS) is 10.8. The fourth-order valence-electron chi connectivity index (χ4n) is 3.11. The molecule has 0 saturated heterocycles. The van der Waals surface area contributed by atoms with E-state index in [1.807, 2.05) is 0 Å². The second-order valence-corrected chi connectivity index (χ2v) is 6.27. The van der Waals surface area contributed by atoms with Gasteiger partial charge in [-0.25, -0.2) is 0 Å². The average molecular weight is 299 g/mol. The molecule has 3 rings (SSSR count). The van der Waals surface area contributed by atoms with Gasteiger partial charge in [-0.15, -0.1) is 0 Å². The molecule has 0 aliphatic heterocycles. The van der Waals surface area contributed by atoms with Crippen LogP contribution in [-0.4, -0.2) is 0 Å². The summed E-state index contributed by atoms with van der Waals surface area (Å²) >= 11 is 0.